The van der Waals surface area contributed by atoms with Crippen molar-refractivity contribution < 1.29 is 14.3 Å². The summed E-state index contributed by atoms with van der Waals surface area (Å²) < 4.78 is 15.3. The zero-order valence-corrected chi connectivity index (χ0v) is 24.3. The van der Waals surface area contributed by atoms with Gasteiger partial charge < -0.3 is 19.7 Å². The van der Waals surface area contributed by atoms with Crippen molar-refractivity contribution in [2.75, 3.05) is 31.5 Å². The van der Waals surface area contributed by atoms with Gasteiger partial charge in [0, 0.05) is 56.9 Å². The Morgan fingerprint density at radius 1 is 0.952 bits per heavy atom. The van der Waals surface area contributed by atoms with Crippen molar-refractivity contribution in [3.8, 4) is 11.5 Å². The number of carbonyl (C=O) groups excluding carboxylic acids is 1. The van der Waals surface area contributed by atoms with Crippen LogP contribution in [0.15, 0.2) is 61.4 Å². The molecule has 1 amide bonds. The third-order valence-corrected chi connectivity index (χ3v) is 7.09. The first kappa shape index (κ1) is 27.5. The number of ether oxygens (including phenoxy) is 2. The van der Waals surface area contributed by atoms with Gasteiger partial charge in [-0.25, -0.2) is 23.8 Å². The molecule has 1 saturated heterocycles. The number of rotatable bonds is 6. The third-order valence-electron chi connectivity index (χ3n) is 7.09. The van der Waals surface area contributed by atoms with Gasteiger partial charge in [0.15, 0.2) is 11.5 Å². The van der Waals surface area contributed by atoms with Crippen LogP contribution < -0.4 is 10.1 Å². The SMILES string of the molecule is Cc1cc(Nc2ncnn3ccc(CN4CCCN(C(=O)OC(C)(C)C)CC4)c23)ccc1Oc1ccn2ncnc2c1. The van der Waals surface area contributed by atoms with Crippen LogP contribution in [0.5, 0.6) is 11.5 Å². The van der Waals surface area contributed by atoms with E-state index in [-0.39, 0.29) is 6.09 Å². The summed E-state index contributed by atoms with van der Waals surface area (Å²) in [6.45, 7) is 11.4. The standard InChI is InChI=1S/C30H35N9O3/c1-21-16-23(6-7-25(21)41-24-9-13-38-26(17-24)31-19-33-38)35-28-27-22(8-12-39(27)34-20-32-28)18-36-10-5-11-37(15-14-36)29(40)42-30(2,3)4/h6-9,12-13,16-17,19-20H,5,10-11,14-15,18H2,1-4H3,(H,32,34,35). The van der Waals surface area contributed by atoms with Crippen molar-refractivity contribution in [1.82, 2.24) is 39.0 Å². The van der Waals surface area contributed by atoms with Crippen molar-refractivity contribution in [1.29, 1.82) is 0 Å². The van der Waals surface area contributed by atoms with E-state index in [1.807, 2.05) is 79.8 Å². The van der Waals surface area contributed by atoms with Gasteiger partial charge in [-0.15, -0.1) is 0 Å². The van der Waals surface area contributed by atoms with Gasteiger partial charge in [-0.3, -0.25) is 4.90 Å². The molecule has 12 nitrogen and oxygen atoms in total. The molecule has 12 heteroatoms. The van der Waals surface area contributed by atoms with Gasteiger partial charge >= 0.3 is 6.09 Å². The second-order valence-corrected chi connectivity index (χ2v) is 11.5. The number of fused-ring (bicyclic) bond motifs is 2. The Labute approximate surface area is 243 Å². The number of amides is 1. The first-order chi connectivity index (χ1) is 20.2. The lowest BCUT2D eigenvalue weighted by molar-refractivity contribution is 0.0257. The summed E-state index contributed by atoms with van der Waals surface area (Å²) in [7, 11) is 0. The van der Waals surface area contributed by atoms with E-state index < -0.39 is 5.60 Å². The number of hydrogen-bond acceptors (Lipinski definition) is 9. The maximum Gasteiger partial charge on any atom is 0.410 e. The van der Waals surface area contributed by atoms with Crippen LogP contribution in [0.25, 0.3) is 11.2 Å². The number of carbonyl (C=O) groups is 1. The number of benzene rings is 1. The number of nitrogens with zero attached hydrogens (tertiary/aromatic N) is 8. The summed E-state index contributed by atoms with van der Waals surface area (Å²) in [6, 6.07) is 11.7. The Morgan fingerprint density at radius 3 is 2.60 bits per heavy atom. The molecule has 6 rings (SSSR count). The molecule has 0 radical (unpaired) electrons. The molecule has 1 aromatic carbocycles. The van der Waals surface area contributed by atoms with Crippen LogP contribution in [-0.2, 0) is 11.3 Å². The van der Waals surface area contributed by atoms with Crippen LogP contribution in [0.3, 0.4) is 0 Å². The fraction of sp³-hybridized carbons (Fsp3) is 0.367. The van der Waals surface area contributed by atoms with E-state index in [0.717, 1.165) is 65.6 Å². The van der Waals surface area contributed by atoms with Crippen LogP contribution in [0, 0.1) is 6.92 Å². The first-order valence-electron chi connectivity index (χ1n) is 14.1. The van der Waals surface area contributed by atoms with Crippen molar-refractivity contribution in [3.63, 3.8) is 0 Å². The highest BCUT2D eigenvalue weighted by Gasteiger charge is 2.25. The molecule has 218 valence electrons. The molecule has 0 bridgehead atoms. The van der Waals surface area contributed by atoms with E-state index >= 15 is 0 Å². The van der Waals surface area contributed by atoms with E-state index in [4.69, 9.17) is 9.47 Å². The summed E-state index contributed by atoms with van der Waals surface area (Å²) in [5.74, 6) is 2.17. The summed E-state index contributed by atoms with van der Waals surface area (Å²) in [5, 5.41) is 12.0. The van der Waals surface area contributed by atoms with E-state index in [0.29, 0.717) is 18.8 Å². The number of hydrogen-bond donors (Lipinski definition) is 1. The van der Waals surface area contributed by atoms with E-state index in [2.05, 4.69) is 36.4 Å². The highest BCUT2D eigenvalue weighted by atomic mass is 16.6. The third kappa shape index (κ3) is 6.13. The minimum absolute atomic E-state index is 0.248. The van der Waals surface area contributed by atoms with Crippen LogP contribution in [0.2, 0.25) is 0 Å². The average Bonchev–Trinajstić information content (AvgIpc) is 3.50. The van der Waals surface area contributed by atoms with Gasteiger partial charge in [-0.1, -0.05) is 0 Å². The van der Waals surface area contributed by atoms with Gasteiger partial charge in [-0.05, 0) is 75.6 Å². The summed E-state index contributed by atoms with van der Waals surface area (Å²) in [6.07, 6.45) is 7.47. The van der Waals surface area contributed by atoms with Crippen LogP contribution >= 0.6 is 0 Å². The van der Waals surface area contributed by atoms with Crippen LogP contribution in [0.4, 0.5) is 16.3 Å². The molecule has 0 spiro atoms. The molecule has 0 aliphatic carbocycles. The molecular weight excluding hydrogens is 534 g/mol. The van der Waals surface area contributed by atoms with Gasteiger partial charge in [0.05, 0.1) is 0 Å². The highest BCUT2D eigenvalue weighted by molar-refractivity contribution is 5.77. The lowest BCUT2D eigenvalue weighted by Crippen LogP contribution is -2.39. The lowest BCUT2D eigenvalue weighted by atomic mass is 10.2. The minimum atomic E-state index is -0.503. The Balaban J connectivity index is 1.15. The Kier molecular flexibility index (Phi) is 7.38. The Bertz CT molecular complexity index is 1720. The maximum absolute atomic E-state index is 12.6. The number of pyridine rings is 1. The van der Waals surface area contributed by atoms with Gasteiger partial charge in [0.2, 0.25) is 0 Å². The molecular formula is C30H35N9O3. The Morgan fingerprint density at radius 2 is 1.76 bits per heavy atom. The zero-order chi connectivity index (χ0) is 29.3. The predicted molar refractivity (Wildman–Crippen MR) is 158 cm³/mol. The number of aryl methyl sites for hydroxylation is 1. The highest BCUT2D eigenvalue weighted by Crippen LogP contribution is 2.30. The summed E-state index contributed by atoms with van der Waals surface area (Å²) in [5.41, 5.74) is 4.12. The molecule has 4 aromatic heterocycles. The fourth-order valence-corrected chi connectivity index (χ4v) is 5.08. The molecule has 1 aliphatic heterocycles. The monoisotopic (exact) mass is 569 g/mol. The predicted octanol–water partition coefficient (Wildman–Crippen LogP) is 5.06. The smallest absolute Gasteiger partial charge is 0.410 e. The fourth-order valence-electron chi connectivity index (χ4n) is 5.08. The quantitative estimate of drug-likeness (QED) is 0.300. The Hall–Kier alpha value is -4.71. The molecule has 0 unspecified atom stereocenters. The average molecular weight is 570 g/mol. The maximum atomic E-state index is 12.6. The van der Waals surface area contributed by atoms with Crippen molar-refractivity contribution in [3.05, 3.63) is 72.6 Å². The number of aromatic nitrogens is 6. The lowest BCUT2D eigenvalue weighted by Gasteiger charge is -2.26. The normalized spacial score (nSPS) is 14.7. The van der Waals surface area contributed by atoms with Crippen molar-refractivity contribution in [2.45, 2.75) is 46.3 Å². The molecule has 1 fully saturated rings. The van der Waals surface area contributed by atoms with E-state index in [9.17, 15) is 4.79 Å². The summed E-state index contributed by atoms with van der Waals surface area (Å²) in [4.78, 5) is 25.6. The van der Waals surface area contributed by atoms with Gasteiger partial charge in [0.25, 0.3) is 0 Å². The van der Waals surface area contributed by atoms with Crippen molar-refractivity contribution >= 4 is 28.8 Å². The van der Waals surface area contributed by atoms with Gasteiger partial charge in [0.1, 0.15) is 35.3 Å². The van der Waals surface area contributed by atoms with Crippen LogP contribution in [0.1, 0.15) is 38.3 Å². The van der Waals surface area contributed by atoms with Gasteiger partial charge in [-0.2, -0.15) is 10.2 Å². The van der Waals surface area contributed by atoms with E-state index in [1.54, 1.807) is 10.8 Å². The molecule has 42 heavy (non-hydrogen) atoms. The largest absolute Gasteiger partial charge is 0.457 e. The molecule has 1 aliphatic rings. The zero-order valence-electron chi connectivity index (χ0n) is 24.3. The molecule has 0 atom stereocenters. The summed E-state index contributed by atoms with van der Waals surface area (Å²) >= 11 is 0. The molecule has 5 heterocycles. The first-order valence-corrected chi connectivity index (χ1v) is 14.1. The second-order valence-electron chi connectivity index (χ2n) is 11.5. The minimum Gasteiger partial charge on any atom is -0.457 e. The van der Waals surface area contributed by atoms with Crippen molar-refractivity contribution in [2.24, 2.45) is 0 Å². The number of nitrogens with one attached hydrogen (secondary N) is 1. The second kappa shape index (κ2) is 11.3. The molecule has 5 aromatic rings. The number of anilines is 2. The molecule has 1 N–H and O–H groups in total. The topological polar surface area (TPSA) is 114 Å². The van der Waals surface area contributed by atoms with E-state index in [1.165, 1.54) is 6.33 Å². The van der Waals surface area contributed by atoms with Crippen LogP contribution in [-0.4, -0.2) is 76.9 Å². The molecule has 0 saturated carbocycles.